The number of ether oxygens (including phenoxy) is 1. The van der Waals surface area contributed by atoms with Crippen molar-refractivity contribution in [2.45, 2.75) is 32.9 Å². The summed E-state index contributed by atoms with van der Waals surface area (Å²) in [7, 11) is 1.42. The zero-order chi connectivity index (χ0) is 17.5. The van der Waals surface area contributed by atoms with Crippen LogP contribution in [0.2, 0.25) is 0 Å². The van der Waals surface area contributed by atoms with Crippen LogP contribution < -0.4 is 5.73 Å². The van der Waals surface area contributed by atoms with Crippen molar-refractivity contribution in [1.82, 2.24) is 4.90 Å². The first kappa shape index (κ1) is 21.4. The third-order valence-corrected chi connectivity index (χ3v) is 4.70. The van der Waals surface area contributed by atoms with Crippen molar-refractivity contribution in [3.05, 3.63) is 48.0 Å². The number of nitrogens with zero attached hydrogens (tertiary/aromatic N) is 1. The Bertz CT molecular complexity index is 672. The van der Waals surface area contributed by atoms with Crippen LogP contribution in [0.5, 0.6) is 0 Å². The maximum absolute atomic E-state index is 11.8. The van der Waals surface area contributed by atoms with E-state index in [2.05, 4.69) is 49.1 Å². The molecule has 25 heavy (non-hydrogen) atoms. The number of hydrogen-bond acceptors (Lipinski definition) is 4. The summed E-state index contributed by atoms with van der Waals surface area (Å²) in [5.74, 6) is 0.184. The molecule has 0 heterocycles. The lowest BCUT2D eigenvalue weighted by atomic mass is 9.99. The lowest BCUT2D eigenvalue weighted by Crippen LogP contribution is -2.43. The van der Waals surface area contributed by atoms with E-state index < -0.39 is 0 Å². The van der Waals surface area contributed by atoms with E-state index in [1.54, 1.807) is 0 Å². The van der Waals surface area contributed by atoms with Crippen LogP contribution in [0.1, 0.15) is 25.8 Å². The third kappa shape index (κ3) is 5.99. The van der Waals surface area contributed by atoms with E-state index in [9.17, 15) is 4.79 Å². The van der Waals surface area contributed by atoms with Crippen LogP contribution in [0.25, 0.3) is 10.8 Å². The molecule has 0 aliphatic rings. The Kier molecular flexibility index (Phi) is 8.90. The monoisotopic (exact) mass is 364 g/mol. The summed E-state index contributed by atoms with van der Waals surface area (Å²) in [4.78, 5) is 13.9. The molecule has 0 spiro atoms. The van der Waals surface area contributed by atoms with Gasteiger partial charge in [0, 0.05) is 19.1 Å². The molecule has 0 saturated heterocycles. The van der Waals surface area contributed by atoms with E-state index in [1.165, 1.54) is 23.4 Å². The molecule has 4 nitrogen and oxygen atoms in total. The number of carbonyl (C=O) groups excluding carboxylic acids is 1. The summed E-state index contributed by atoms with van der Waals surface area (Å²) < 4.78 is 4.85. The molecule has 0 saturated carbocycles. The van der Waals surface area contributed by atoms with E-state index in [-0.39, 0.29) is 31.0 Å². The Labute approximate surface area is 156 Å². The molecule has 0 aliphatic heterocycles. The van der Waals surface area contributed by atoms with Crippen molar-refractivity contribution in [3.63, 3.8) is 0 Å². The summed E-state index contributed by atoms with van der Waals surface area (Å²) in [5.41, 5.74) is 7.52. The lowest BCUT2D eigenvalue weighted by Gasteiger charge is -2.28. The van der Waals surface area contributed by atoms with Crippen LogP contribution in [-0.4, -0.2) is 37.1 Å². The minimum absolute atomic E-state index is 0. The highest BCUT2D eigenvalue weighted by Crippen LogP contribution is 2.20. The fraction of sp³-hybridized carbons (Fsp3) is 0.450. The van der Waals surface area contributed by atoms with E-state index >= 15 is 0 Å². The molecule has 2 aromatic rings. The smallest absolute Gasteiger partial charge is 0.319 e. The minimum atomic E-state index is -0.230. The lowest BCUT2D eigenvalue weighted by molar-refractivity contribution is -0.142. The molecular weight excluding hydrogens is 336 g/mol. The summed E-state index contributed by atoms with van der Waals surface area (Å²) in [6.45, 7) is 5.90. The van der Waals surface area contributed by atoms with E-state index in [0.29, 0.717) is 19.0 Å². The van der Waals surface area contributed by atoms with Gasteiger partial charge in [-0.3, -0.25) is 9.69 Å². The normalized spacial score (nSPS) is 13.3. The van der Waals surface area contributed by atoms with Gasteiger partial charge in [0.1, 0.15) is 0 Å². The van der Waals surface area contributed by atoms with Gasteiger partial charge in [-0.15, -0.1) is 12.4 Å². The van der Waals surface area contributed by atoms with Crippen molar-refractivity contribution in [2.24, 2.45) is 11.7 Å². The molecule has 0 amide bonds. The first-order valence-electron chi connectivity index (χ1n) is 8.56. The van der Waals surface area contributed by atoms with Crippen LogP contribution in [0, 0.1) is 5.92 Å². The Morgan fingerprint density at radius 1 is 1.20 bits per heavy atom. The third-order valence-electron chi connectivity index (χ3n) is 4.70. The number of fused-ring (bicyclic) bond motifs is 1. The number of methoxy groups -OCH3 is 1. The van der Waals surface area contributed by atoms with Gasteiger partial charge < -0.3 is 10.5 Å². The Morgan fingerprint density at radius 2 is 1.88 bits per heavy atom. The Hall–Kier alpha value is -1.62. The average molecular weight is 365 g/mol. The number of benzene rings is 2. The van der Waals surface area contributed by atoms with E-state index in [0.717, 1.165) is 6.42 Å². The molecule has 0 aliphatic carbocycles. The molecule has 5 heteroatoms. The number of rotatable bonds is 8. The molecule has 2 atom stereocenters. The van der Waals surface area contributed by atoms with E-state index in [4.69, 9.17) is 10.5 Å². The summed E-state index contributed by atoms with van der Waals surface area (Å²) in [6.07, 6.45) is 1.03. The maximum Gasteiger partial charge on any atom is 0.319 e. The first-order valence-corrected chi connectivity index (χ1v) is 8.56. The van der Waals surface area contributed by atoms with Gasteiger partial charge in [0.2, 0.25) is 0 Å². The molecule has 138 valence electrons. The van der Waals surface area contributed by atoms with Gasteiger partial charge >= 0.3 is 5.97 Å². The highest BCUT2D eigenvalue weighted by atomic mass is 35.5. The van der Waals surface area contributed by atoms with Crippen LogP contribution in [0.15, 0.2) is 42.5 Å². The van der Waals surface area contributed by atoms with Gasteiger partial charge in [-0.05, 0) is 22.3 Å². The zero-order valence-corrected chi connectivity index (χ0v) is 16.1. The zero-order valence-electron chi connectivity index (χ0n) is 15.3. The largest absolute Gasteiger partial charge is 0.468 e. The summed E-state index contributed by atoms with van der Waals surface area (Å²) in [5, 5.41) is 2.42. The second-order valence-corrected chi connectivity index (χ2v) is 6.43. The van der Waals surface area contributed by atoms with Crippen LogP contribution >= 0.6 is 12.4 Å². The second-order valence-electron chi connectivity index (χ2n) is 6.43. The first-order chi connectivity index (χ1) is 11.5. The summed E-state index contributed by atoms with van der Waals surface area (Å²) >= 11 is 0. The van der Waals surface area contributed by atoms with Crippen LogP contribution in [0.3, 0.4) is 0 Å². The number of hydrogen-bond donors (Lipinski definition) is 1. The standard InChI is InChI=1S/C20H28N2O2.ClH/c1-4-15(2)19(21)13-22(14-20(23)24-3)12-17-10-7-9-16-8-5-6-11-18(16)17;/h5-11,15,19H,4,12-14,21H2,1-3H3;1H. The molecule has 0 bridgehead atoms. The van der Waals surface area contributed by atoms with Gasteiger partial charge in [0.05, 0.1) is 13.7 Å². The van der Waals surface area contributed by atoms with Crippen molar-refractivity contribution >= 4 is 29.1 Å². The molecule has 0 fully saturated rings. The number of halogens is 1. The number of carbonyl (C=O) groups is 1. The second kappa shape index (κ2) is 10.4. The highest BCUT2D eigenvalue weighted by Gasteiger charge is 2.19. The number of esters is 1. The molecular formula is C20H29ClN2O2. The van der Waals surface area contributed by atoms with Gasteiger partial charge in [-0.25, -0.2) is 0 Å². The fourth-order valence-electron chi connectivity index (χ4n) is 2.88. The number of nitrogens with two attached hydrogens (primary N) is 1. The van der Waals surface area contributed by atoms with Gasteiger partial charge in [-0.1, -0.05) is 62.7 Å². The molecule has 0 radical (unpaired) electrons. The van der Waals surface area contributed by atoms with Crippen LogP contribution in [-0.2, 0) is 16.1 Å². The Balaban J connectivity index is 0.00000312. The summed E-state index contributed by atoms with van der Waals surface area (Å²) in [6, 6.07) is 14.6. The van der Waals surface area contributed by atoms with Crippen molar-refractivity contribution in [1.29, 1.82) is 0 Å². The van der Waals surface area contributed by atoms with Crippen molar-refractivity contribution < 1.29 is 9.53 Å². The quantitative estimate of drug-likeness (QED) is 0.727. The van der Waals surface area contributed by atoms with Crippen molar-refractivity contribution in [3.8, 4) is 0 Å². The molecule has 2 N–H and O–H groups in total. The topological polar surface area (TPSA) is 55.6 Å². The molecule has 0 aromatic heterocycles. The molecule has 2 rings (SSSR count). The van der Waals surface area contributed by atoms with E-state index in [1.807, 2.05) is 12.1 Å². The van der Waals surface area contributed by atoms with Gasteiger partial charge in [0.15, 0.2) is 0 Å². The highest BCUT2D eigenvalue weighted by molar-refractivity contribution is 5.86. The average Bonchev–Trinajstić information content (AvgIpc) is 2.61. The van der Waals surface area contributed by atoms with Gasteiger partial charge in [0.25, 0.3) is 0 Å². The van der Waals surface area contributed by atoms with Gasteiger partial charge in [-0.2, -0.15) is 0 Å². The predicted octanol–water partition coefficient (Wildman–Crippen LogP) is 3.61. The van der Waals surface area contributed by atoms with Crippen molar-refractivity contribution in [2.75, 3.05) is 20.2 Å². The van der Waals surface area contributed by atoms with Crippen LogP contribution in [0.4, 0.5) is 0 Å². The fourth-order valence-corrected chi connectivity index (χ4v) is 2.88. The SMILES string of the molecule is CCC(C)C(N)CN(CC(=O)OC)Cc1cccc2ccccc12.Cl. The maximum atomic E-state index is 11.8. The minimum Gasteiger partial charge on any atom is -0.468 e. The predicted molar refractivity (Wildman–Crippen MR) is 106 cm³/mol. The molecule has 2 aromatic carbocycles. The molecule has 2 unspecified atom stereocenters. The Morgan fingerprint density at radius 3 is 2.56 bits per heavy atom.